The molecule has 1 heterocycles. The minimum Gasteiger partial charge on any atom is -0.461 e. The van der Waals surface area contributed by atoms with Gasteiger partial charge in [0.15, 0.2) is 0 Å². The van der Waals surface area contributed by atoms with Crippen molar-refractivity contribution in [2.45, 2.75) is 23.5 Å². The number of nitrogens with one attached hydrogen (secondary N) is 2. The number of benzene rings is 2. The van der Waals surface area contributed by atoms with E-state index in [-0.39, 0.29) is 45.9 Å². The molecule has 2 aliphatic carbocycles. The van der Waals surface area contributed by atoms with Crippen molar-refractivity contribution in [3.8, 4) is 0 Å². The number of hydrogen-bond donors (Lipinski definition) is 2. The van der Waals surface area contributed by atoms with Crippen molar-refractivity contribution in [1.29, 1.82) is 0 Å². The Morgan fingerprint density at radius 1 is 1.03 bits per heavy atom. The lowest BCUT2D eigenvalue weighted by Crippen LogP contribution is -2.40. The highest BCUT2D eigenvalue weighted by Crippen LogP contribution is 2.60. The number of esters is 1. The molecule has 3 aliphatic rings. The Balaban J connectivity index is 1.32. The number of ether oxygens (including phenoxy) is 1. The highest BCUT2D eigenvalue weighted by molar-refractivity contribution is 9.09. The average Bonchev–Trinajstić information content (AvgIpc) is 3.38. The van der Waals surface area contributed by atoms with Gasteiger partial charge in [-0.05, 0) is 42.7 Å². The number of alkyl halides is 4. The van der Waals surface area contributed by atoms with Crippen molar-refractivity contribution in [3.05, 3.63) is 59.7 Å². The largest absolute Gasteiger partial charge is 0.461 e. The minimum absolute atomic E-state index is 0.0217. The van der Waals surface area contributed by atoms with E-state index in [9.17, 15) is 27.6 Å². The first-order valence-corrected chi connectivity index (χ1v) is 11.3. The summed E-state index contributed by atoms with van der Waals surface area (Å²) in [5.74, 6) is -2.46. The summed E-state index contributed by atoms with van der Waals surface area (Å²) in [6.45, 7) is 0. The van der Waals surface area contributed by atoms with E-state index < -0.39 is 29.5 Å². The first-order chi connectivity index (χ1) is 15.6. The van der Waals surface area contributed by atoms with Crippen LogP contribution < -0.4 is 10.6 Å². The fourth-order valence-electron chi connectivity index (χ4n) is 5.33. The summed E-state index contributed by atoms with van der Waals surface area (Å²) in [7, 11) is 0. The van der Waals surface area contributed by atoms with Crippen LogP contribution in [0.25, 0.3) is 0 Å². The smallest absolute Gasteiger partial charge is 0.418 e. The van der Waals surface area contributed by atoms with Crippen LogP contribution in [0, 0.1) is 23.7 Å². The first-order valence-electron chi connectivity index (χ1n) is 10.4. The molecule has 0 unspecified atom stereocenters. The molecule has 172 valence electrons. The summed E-state index contributed by atoms with van der Waals surface area (Å²) in [4.78, 5) is 37.9. The van der Waals surface area contributed by atoms with Crippen LogP contribution in [0.1, 0.15) is 22.3 Å². The Labute approximate surface area is 195 Å². The third-order valence-electron chi connectivity index (χ3n) is 6.70. The molecule has 0 aromatic heterocycles. The van der Waals surface area contributed by atoms with Gasteiger partial charge in [0.25, 0.3) is 5.91 Å². The fourth-order valence-corrected chi connectivity index (χ4v) is 6.37. The van der Waals surface area contributed by atoms with E-state index in [1.807, 2.05) is 0 Å². The predicted octanol–water partition coefficient (Wildman–Crippen LogP) is 4.47. The van der Waals surface area contributed by atoms with Gasteiger partial charge in [-0.2, -0.15) is 13.2 Å². The molecular weight excluding hydrogens is 505 g/mol. The maximum atomic E-state index is 13.2. The number of carbonyl (C=O) groups excluding carboxylic acids is 3. The zero-order valence-corrected chi connectivity index (χ0v) is 18.5. The van der Waals surface area contributed by atoms with Gasteiger partial charge in [-0.25, -0.2) is 0 Å². The zero-order valence-electron chi connectivity index (χ0n) is 16.9. The van der Waals surface area contributed by atoms with E-state index in [0.717, 1.165) is 12.5 Å². The van der Waals surface area contributed by atoms with Gasteiger partial charge in [-0.3, -0.25) is 14.4 Å². The second-order valence-electron chi connectivity index (χ2n) is 8.53. The van der Waals surface area contributed by atoms with Crippen LogP contribution in [0.3, 0.4) is 0 Å². The molecule has 2 saturated carbocycles. The van der Waals surface area contributed by atoms with Crippen LogP contribution in [-0.4, -0.2) is 28.7 Å². The van der Waals surface area contributed by atoms with Gasteiger partial charge in [0.1, 0.15) is 6.10 Å². The molecule has 10 heteroatoms. The van der Waals surface area contributed by atoms with E-state index in [2.05, 4.69) is 26.6 Å². The van der Waals surface area contributed by atoms with Gasteiger partial charge >= 0.3 is 12.1 Å². The normalized spacial score (nSPS) is 29.6. The van der Waals surface area contributed by atoms with E-state index in [1.54, 1.807) is 6.07 Å². The molecule has 1 saturated heterocycles. The van der Waals surface area contributed by atoms with Gasteiger partial charge in [-0.15, -0.1) is 0 Å². The first kappa shape index (κ1) is 21.9. The molecule has 3 fully saturated rings. The molecule has 2 aromatic rings. The number of para-hydroxylation sites is 1. The monoisotopic (exact) mass is 522 g/mol. The Morgan fingerprint density at radius 2 is 1.79 bits per heavy atom. The molecule has 0 radical (unpaired) electrons. The Hall–Kier alpha value is -2.88. The van der Waals surface area contributed by atoms with Gasteiger partial charge in [-0.1, -0.05) is 34.1 Å². The fraction of sp³-hybridized carbons (Fsp3) is 0.348. The second-order valence-corrected chi connectivity index (χ2v) is 9.59. The van der Waals surface area contributed by atoms with E-state index in [4.69, 9.17) is 4.74 Å². The number of hydrogen-bond acceptors (Lipinski definition) is 4. The summed E-state index contributed by atoms with van der Waals surface area (Å²) < 4.78 is 45.0. The summed E-state index contributed by atoms with van der Waals surface area (Å²) in [5.41, 5.74) is -0.917. The average molecular weight is 523 g/mol. The third kappa shape index (κ3) is 3.70. The number of amides is 2. The van der Waals surface area contributed by atoms with Crippen molar-refractivity contribution in [2.75, 3.05) is 10.6 Å². The van der Waals surface area contributed by atoms with Crippen molar-refractivity contribution in [3.63, 3.8) is 0 Å². The van der Waals surface area contributed by atoms with Crippen LogP contribution >= 0.6 is 15.9 Å². The number of carbonyl (C=O) groups is 3. The van der Waals surface area contributed by atoms with Gasteiger partial charge in [0.05, 0.1) is 27.9 Å². The molecule has 0 spiro atoms. The lowest BCUT2D eigenvalue weighted by molar-refractivity contribution is -0.145. The van der Waals surface area contributed by atoms with Crippen LogP contribution in [-0.2, 0) is 20.5 Å². The molecule has 2 N–H and O–H groups in total. The highest BCUT2D eigenvalue weighted by Gasteiger charge is 2.67. The lowest BCUT2D eigenvalue weighted by Gasteiger charge is -2.27. The Bertz CT molecular complexity index is 1150. The van der Waals surface area contributed by atoms with Gasteiger partial charge < -0.3 is 15.4 Å². The number of fused-ring (bicyclic) bond motifs is 1. The van der Waals surface area contributed by atoms with Crippen LogP contribution in [0.4, 0.5) is 24.5 Å². The van der Waals surface area contributed by atoms with Crippen molar-refractivity contribution < 1.29 is 32.3 Å². The van der Waals surface area contributed by atoms with Crippen molar-refractivity contribution in [1.82, 2.24) is 0 Å². The van der Waals surface area contributed by atoms with Crippen molar-refractivity contribution in [2.24, 2.45) is 23.7 Å². The summed E-state index contributed by atoms with van der Waals surface area (Å²) >= 11 is 3.56. The molecule has 2 bridgehead atoms. The zero-order chi connectivity index (χ0) is 23.5. The molecule has 1 aliphatic heterocycles. The summed E-state index contributed by atoms with van der Waals surface area (Å²) in [6, 6.07) is 10.6. The molecule has 6 nitrogen and oxygen atoms in total. The predicted molar refractivity (Wildman–Crippen MR) is 116 cm³/mol. The standard InChI is InChI=1S/C23H18BrF3N2O4/c24-18-12-9-13-17(22(32)33-19(13)18)16(12)21(31)28-11-5-3-4-10(8-11)20(30)29-15-7-2-1-6-14(15)23(25,26)27/h1-8,12-13,16-19H,9H2,(H,28,31)(H,29,30)/t12-,13-,16-,17-,18+,19+/m1/s1. The maximum absolute atomic E-state index is 13.2. The van der Waals surface area contributed by atoms with Gasteiger partial charge in [0, 0.05) is 17.2 Å². The summed E-state index contributed by atoms with van der Waals surface area (Å²) in [5, 5.41) is 5.05. The quantitative estimate of drug-likeness (QED) is 0.458. The van der Waals surface area contributed by atoms with Crippen LogP contribution in [0.5, 0.6) is 0 Å². The number of halogens is 4. The Kier molecular flexibility index (Phi) is 5.23. The van der Waals surface area contributed by atoms with Crippen LogP contribution in [0.2, 0.25) is 0 Å². The molecule has 33 heavy (non-hydrogen) atoms. The van der Waals surface area contributed by atoms with Gasteiger partial charge in [0.2, 0.25) is 5.91 Å². The number of rotatable bonds is 4. The lowest BCUT2D eigenvalue weighted by atomic mass is 9.79. The van der Waals surface area contributed by atoms with Crippen molar-refractivity contribution >= 4 is 45.1 Å². The molecule has 6 atom stereocenters. The molecular formula is C23H18BrF3N2O4. The van der Waals surface area contributed by atoms with E-state index in [0.29, 0.717) is 5.69 Å². The maximum Gasteiger partial charge on any atom is 0.418 e. The molecule has 5 rings (SSSR count). The van der Waals surface area contributed by atoms with Crippen LogP contribution in [0.15, 0.2) is 48.5 Å². The SMILES string of the molecule is O=C(Nc1ccccc1C(F)(F)F)c1cccc(NC(=O)[C@@H]2[C@H]3C[C@H]4[C@H](OC(=O)[C@H]42)[C@H]3Br)c1. The minimum atomic E-state index is -4.62. The van der Waals surface area contributed by atoms with E-state index in [1.165, 1.54) is 36.4 Å². The third-order valence-corrected chi connectivity index (χ3v) is 7.90. The molecule has 2 aromatic carbocycles. The summed E-state index contributed by atoms with van der Waals surface area (Å²) in [6.07, 6.45) is -4.08. The second kappa shape index (κ2) is 7.86. The number of anilines is 2. The van der Waals surface area contributed by atoms with E-state index >= 15 is 0 Å². The Morgan fingerprint density at radius 3 is 2.55 bits per heavy atom. The topological polar surface area (TPSA) is 84.5 Å². The highest BCUT2D eigenvalue weighted by atomic mass is 79.9. The molecule has 2 amide bonds.